The van der Waals surface area contributed by atoms with Crippen molar-refractivity contribution in [2.75, 3.05) is 4.90 Å². The van der Waals surface area contributed by atoms with Gasteiger partial charge in [-0.05, 0) is 31.5 Å². The highest BCUT2D eigenvalue weighted by Crippen LogP contribution is 2.17. The molecule has 0 saturated heterocycles. The number of amides is 1. The Labute approximate surface area is 120 Å². The quantitative estimate of drug-likeness (QED) is 0.759. The zero-order chi connectivity index (χ0) is 14.4. The molecule has 0 saturated carbocycles. The Bertz CT molecular complexity index is 583. The van der Waals surface area contributed by atoms with Crippen LogP contribution in [0.3, 0.4) is 0 Å². The topological polar surface area (TPSA) is 20.3 Å². The van der Waals surface area contributed by atoms with E-state index in [1.807, 2.05) is 74.5 Å². The molecule has 0 heterocycles. The average Bonchev–Trinajstić information content (AvgIpc) is 2.46. The summed E-state index contributed by atoms with van der Waals surface area (Å²) in [5.74, 6) is 0.0139. The molecule has 2 heteroatoms. The minimum Gasteiger partial charge on any atom is -0.304 e. The third kappa shape index (κ3) is 3.82. The van der Waals surface area contributed by atoms with Crippen LogP contribution in [0.15, 0.2) is 72.3 Å². The van der Waals surface area contributed by atoms with Gasteiger partial charge in [0.2, 0.25) is 0 Å². The second kappa shape index (κ2) is 6.71. The lowest BCUT2D eigenvalue weighted by molar-refractivity contribution is -0.114. The second-order valence-corrected chi connectivity index (χ2v) is 4.97. The lowest BCUT2D eigenvalue weighted by Gasteiger charge is -2.22. The van der Waals surface area contributed by atoms with Crippen LogP contribution in [0.1, 0.15) is 19.4 Å². The summed E-state index contributed by atoms with van der Waals surface area (Å²) in [4.78, 5) is 14.2. The van der Waals surface area contributed by atoms with Gasteiger partial charge in [0.15, 0.2) is 0 Å². The van der Waals surface area contributed by atoms with Crippen molar-refractivity contribution in [3.8, 4) is 0 Å². The van der Waals surface area contributed by atoms with Gasteiger partial charge in [0, 0.05) is 11.8 Å². The first-order valence-corrected chi connectivity index (χ1v) is 6.72. The molecule has 0 aromatic heterocycles. The Morgan fingerprint density at radius 3 is 2.05 bits per heavy atom. The van der Waals surface area contributed by atoms with Crippen molar-refractivity contribution >= 4 is 11.6 Å². The van der Waals surface area contributed by atoms with Crippen LogP contribution < -0.4 is 4.90 Å². The van der Waals surface area contributed by atoms with Crippen molar-refractivity contribution in [3.63, 3.8) is 0 Å². The molecule has 0 N–H and O–H groups in total. The summed E-state index contributed by atoms with van der Waals surface area (Å²) in [7, 11) is 0. The van der Waals surface area contributed by atoms with Crippen LogP contribution in [0.2, 0.25) is 0 Å². The Morgan fingerprint density at radius 2 is 1.50 bits per heavy atom. The summed E-state index contributed by atoms with van der Waals surface area (Å²) in [6.07, 6.45) is 1.68. The summed E-state index contributed by atoms with van der Waals surface area (Å²) in [5, 5.41) is 0. The van der Waals surface area contributed by atoms with Gasteiger partial charge in [0.25, 0.3) is 5.91 Å². The highest BCUT2D eigenvalue weighted by Gasteiger charge is 2.13. The number of hydrogen-bond acceptors (Lipinski definition) is 1. The van der Waals surface area contributed by atoms with E-state index in [9.17, 15) is 4.79 Å². The molecule has 2 rings (SSSR count). The van der Waals surface area contributed by atoms with Gasteiger partial charge >= 0.3 is 0 Å². The molecule has 0 aliphatic heterocycles. The SMILES string of the molecule is CC(C)=CC(=O)N(Cc1ccccc1)c1ccccc1. The predicted octanol–water partition coefficient (Wildman–Crippen LogP) is 4.19. The first-order valence-electron chi connectivity index (χ1n) is 6.72. The lowest BCUT2D eigenvalue weighted by atomic mass is 10.2. The Kier molecular flexibility index (Phi) is 4.72. The fourth-order valence-electron chi connectivity index (χ4n) is 2.00. The van der Waals surface area contributed by atoms with E-state index < -0.39 is 0 Å². The molecule has 0 spiro atoms. The minimum absolute atomic E-state index is 0.0139. The van der Waals surface area contributed by atoms with Crippen LogP contribution in [0, 0.1) is 0 Å². The number of carbonyl (C=O) groups is 1. The van der Waals surface area contributed by atoms with Gasteiger partial charge in [0.1, 0.15) is 0 Å². The maximum Gasteiger partial charge on any atom is 0.251 e. The van der Waals surface area contributed by atoms with Crippen molar-refractivity contribution in [1.29, 1.82) is 0 Å². The molecule has 102 valence electrons. The monoisotopic (exact) mass is 265 g/mol. The molecule has 0 bridgehead atoms. The third-order valence-corrected chi connectivity index (χ3v) is 2.93. The molecule has 0 radical (unpaired) electrons. The fraction of sp³-hybridized carbons (Fsp3) is 0.167. The number of nitrogens with zero attached hydrogens (tertiary/aromatic N) is 1. The number of anilines is 1. The van der Waals surface area contributed by atoms with Gasteiger partial charge < -0.3 is 4.90 Å². The van der Waals surface area contributed by atoms with Gasteiger partial charge in [-0.3, -0.25) is 4.79 Å². The van der Waals surface area contributed by atoms with Crippen molar-refractivity contribution < 1.29 is 4.79 Å². The molecule has 0 aliphatic carbocycles. The molecule has 2 aromatic carbocycles. The Morgan fingerprint density at radius 1 is 0.950 bits per heavy atom. The number of hydrogen-bond donors (Lipinski definition) is 0. The number of allylic oxidation sites excluding steroid dienone is 1. The maximum atomic E-state index is 12.4. The summed E-state index contributed by atoms with van der Waals surface area (Å²) < 4.78 is 0. The number of rotatable bonds is 4. The van der Waals surface area contributed by atoms with Gasteiger partial charge in [-0.1, -0.05) is 54.1 Å². The summed E-state index contributed by atoms with van der Waals surface area (Å²) in [6.45, 7) is 4.45. The molecule has 2 nitrogen and oxygen atoms in total. The molecular weight excluding hydrogens is 246 g/mol. The molecule has 2 aromatic rings. The van der Waals surface area contributed by atoms with Crippen LogP contribution in [0.25, 0.3) is 0 Å². The third-order valence-electron chi connectivity index (χ3n) is 2.93. The van der Waals surface area contributed by atoms with Gasteiger partial charge in [-0.2, -0.15) is 0 Å². The van der Waals surface area contributed by atoms with E-state index in [2.05, 4.69) is 0 Å². The predicted molar refractivity (Wildman–Crippen MR) is 83.5 cm³/mol. The van der Waals surface area contributed by atoms with Crippen molar-refractivity contribution in [3.05, 3.63) is 77.9 Å². The highest BCUT2D eigenvalue weighted by atomic mass is 16.2. The standard InChI is InChI=1S/C18H19NO/c1-15(2)13-18(20)19(17-11-7-4-8-12-17)14-16-9-5-3-6-10-16/h3-13H,14H2,1-2H3. The van der Waals surface area contributed by atoms with E-state index in [1.54, 1.807) is 11.0 Å². The molecule has 0 fully saturated rings. The number of benzene rings is 2. The molecular formula is C18H19NO. The van der Waals surface area contributed by atoms with Crippen molar-refractivity contribution in [1.82, 2.24) is 0 Å². The summed E-state index contributed by atoms with van der Waals surface area (Å²) in [5.41, 5.74) is 3.04. The molecule has 0 aliphatic rings. The first kappa shape index (κ1) is 14.1. The molecule has 0 atom stereocenters. The normalized spacial score (nSPS) is 9.90. The Hall–Kier alpha value is -2.35. The maximum absolute atomic E-state index is 12.4. The van der Waals surface area contributed by atoms with Gasteiger partial charge in [0.05, 0.1) is 6.54 Å². The van der Waals surface area contributed by atoms with E-state index in [0.717, 1.165) is 16.8 Å². The zero-order valence-electron chi connectivity index (χ0n) is 11.9. The Balaban J connectivity index is 2.30. The number of carbonyl (C=O) groups excluding carboxylic acids is 1. The molecule has 1 amide bonds. The summed E-state index contributed by atoms with van der Waals surface area (Å²) in [6, 6.07) is 19.8. The van der Waals surface area contributed by atoms with Crippen LogP contribution in [0.5, 0.6) is 0 Å². The second-order valence-electron chi connectivity index (χ2n) is 4.97. The summed E-state index contributed by atoms with van der Waals surface area (Å²) >= 11 is 0. The zero-order valence-corrected chi connectivity index (χ0v) is 11.9. The largest absolute Gasteiger partial charge is 0.304 e. The van der Waals surface area contributed by atoms with Crippen molar-refractivity contribution in [2.45, 2.75) is 20.4 Å². The van der Waals surface area contributed by atoms with Crippen LogP contribution in [-0.2, 0) is 11.3 Å². The minimum atomic E-state index is 0.0139. The van der Waals surface area contributed by atoms with Gasteiger partial charge in [-0.15, -0.1) is 0 Å². The highest BCUT2D eigenvalue weighted by molar-refractivity contribution is 6.01. The van der Waals surface area contributed by atoms with Gasteiger partial charge in [-0.25, -0.2) is 0 Å². The lowest BCUT2D eigenvalue weighted by Crippen LogP contribution is -2.28. The van der Waals surface area contributed by atoms with E-state index in [-0.39, 0.29) is 5.91 Å². The fourth-order valence-corrected chi connectivity index (χ4v) is 2.00. The average molecular weight is 265 g/mol. The van der Waals surface area contributed by atoms with E-state index >= 15 is 0 Å². The molecule has 0 unspecified atom stereocenters. The van der Waals surface area contributed by atoms with E-state index in [4.69, 9.17) is 0 Å². The van der Waals surface area contributed by atoms with Crippen molar-refractivity contribution in [2.24, 2.45) is 0 Å². The first-order chi connectivity index (χ1) is 9.66. The molecule has 20 heavy (non-hydrogen) atoms. The van der Waals surface area contributed by atoms with E-state index in [1.165, 1.54) is 0 Å². The number of para-hydroxylation sites is 1. The van der Waals surface area contributed by atoms with Crippen LogP contribution in [-0.4, -0.2) is 5.91 Å². The van der Waals surface area contributed by atoms with Crippen LogP contribution in [0.4, 0.5) is 5.69 Å². The van der Waals surface area contributed by atoms with Crippen LogP contribution >= 0.6 is 0 Å². The van der Waals surface area contributed by atoms with E-state index in [0.29, 0.717) is 6.54 Å². The smallest absolute Gasteiger partial charge is 0.251 e.